The first-order valence-electron chi connectivity index (χ1n) is 11.4. The topological polar surface area (TPSA) is 86.8 Å². The van der Waals surface area contributed by atoms with Crippen molar-refractivity contribution in [3.8, 4) is 0 Å². The molecule has 0 bridgehead atoms. The highest BCUT2D eigenvalue weighted by Crippen LogP contribution is 2.42. The summed E-state index contributed by atoms with van der Waals surface area (Å²) < 4.78 is 28.9. The number of nitrogens with zero attached hydrogens (tertiary/aromatic N) is 2. The fourth-order valence-corrected chi connectivity index (χ4v) is 7.46. The Labute approximate surface area is 185 Å². The zero-order valence-electron chi connectivity index (χ0n) is 18.5. The summed E-state index contributed by atoms with van der Waals surface area (Å²) in [5.41, 5.74) is 0.644. The number of amides is 2. The molecule has 1 aromatic rings. The lowest BCUT2D eigenvalue weighted by atomic mass is 9.78. The second-order valence-electron chi connectivity index (χ2n) is 9.44. The van der Waals surface area contributed by atoms with Crippen LogP contribution >= 0.6 is 0 Å². The predicted molar refractivity (Wildman–Crippen MR) is 119 cm³/mol. The molecule has 2 saturated carbocycles. The number of aryl methyl sites for hydroxylation is 1. The molecule has 2 aliphatic carbocycles. The van der Waals surface area contributed by atoms with Crippen LogP contribution < -0.4 is 5.32 Å². The van der Waals surface area contributed by atoms with E-state index in [1.807, 2.05) is 6.92 Å². The van der Waals surface area contributed by atoms with Gasteiger partial charge in [0.15, 0.2) is 0 Å². The van der Waals surface area contributed by atoms with Gasteiger partial charge in [-0.15, -0.1) is 0 Å². The van der Waals surface area contributed by atoms with E-state index in [-0.39, 0.29) is 35.0 Å². The van der Waals surface area contributed by atoms with E-state index in [0.717, 1.165) is 63.4 Å². The molecule has 0 atom stereocenters. The van der Waals surface area contributed by atoms with Crippen molar-refractivity contribution in [3.05, 3.63) is 23.8 Å². The quantitative estimate of drug-likeness (QED) is 0.766. The first-order valence-corrected chi connectivity index (χ1v) is 12.9. The summed E-state index contributed by atoms with van der Waals surface area (Å²) in [4.78, 5) is 27.2. The van der Waals surface area contributed by atoms with Gasteiger partial charge in [0.2, 0.25) is 21.8 Å². The fourth-order valence-electron chi connectivity index (χ4n) is 5.76. The maximum atomic E-state index is 13.7. The van der Waals surface area contributed by atoms with E-state index in [2.05, 4.69) is 10.2 Å². The van der Waals surface area contributed by atoms with Gasteiger partial charge in [0.05, 0.1) is 17.8 Å². The fraction of sp³-hybridized carbons (Fsp3) is 0.652. The molecule has 1 spiro atoms. The normalized spacial score (nSPS) is 22.8. The molecule has 1 N–H and O–H groups in total. The van der Waals surface area contributed by atoms with Crippen molar-refractivity contribution in [2.45, 2.75) is 88.1 Å². The molecule has 31 heavy (non-hydrogen) atoms. The maximum absolute atomic E-state index is 13.7. The summed E-state index contributed by atoms with van der Waals surface area (Å²) in [5, 5.41) is 2.64. The van der Waals surface area contributed by atoms with Crippen molar-refractivity contribution >= 4 is 27.5 Å². The van der Waals surface area contributed by atoms with Crippen molar-refractivity contribution in [3.63, 3.8) is 0 Å². The van der Waals surface area contributed by atoms with E-state index >= 15 is 0 Å². The molecule has 3 fully saturated rings. The second-order valence-corrected chi connectivity index (χ2v) is 11.3. The largest absolute Gasteiger partial charge is 0.332 e. The van der Waals surface area contributed by atoms with E-state index in [9.17, 15) is 18.0 Å². The molecule has 3 aliphatic rings. The Hall–Kier alpha value is -1.93. The van der Waals surface area contributed by atoms with Crippen LogP contribution in [0.15, 0.2) is 23.1 Å². The molecule has 0 unspecified atom stereocenters. The molecule has 1 aromatic carbocycles. The highest BCUT2D eigenvalue weighted by Gasteiger charge is 2.51. The van der Waals surface area contributed by atoms with Gasteiger partial charge in [-0.1, -0.05) is 38.2 Å². The Morgan fingerprint density at radius 2 is 1.77 bits per heavy atom. The zero-order valence-corrected chi connectivity index (χ0v) is 19.3. The second kappa shape index (κ2) is 8.54. The monoisotopic (exact) mass is 447 g/mol. The molecule has 1 heterocycles. The Balaban J connectivity index is 1.71. The van der Waals surface area contributed by atoms with Gasteiger partial charge in [0.25, 0.3) is 0 Å². The van der Waals surface area contributed by atoms with Gasteiger partial charge in [-0.2, -0.15) is 4.31 Å². The van der Waals surface area contributed by atoms with E-state index in [4.69, 9.17) is 0 Å². The van der Waals surface area contributed by atoms with E-state index in [0.29, 0.717) is 6.54 Å². The van der Waals surface area contributed by atoms with Crippen LogP contribution in [0, 0.1) is 6.92 Å². The Kier molecular flexibility index (Phi) is 6.14. The van der Waals surface area contributed by atoms with Crippen LogP contribution in [0.1, 0.15) is 70.3 Å². The molecule has 7 nitrogen and oxygen atoms in total. The summed E-state index contributed by atoms with van der Waals surface area (Å²) in [5.74, 6) is -0.400. The number of sulfonamides is 1. The third-order valence-corrected chi connectivity index (χ3v) is 8.93. The molecule has 4 rings (SSSR count). The van der Waals surface area contributed by atoms with E-state index < -0.39 is 15.6 Å². The molecule has 8 heteroatoms. The highest BCUT2D eigenvalue weighted by atomic mass is 32.2. The van der Waals surface area contributed by atoms with Crippen molar-refractivity contribution < 1.29 is 18.0 Å². The van der Waals surface area contributed by atoms with Crippen LogP contribution in [0.3, 0.4) is 0 Å². The first kappa shape index (κ1) is 22.3. The van der Waals surface area contributed by atoms with Gasteiger partial charge in [0.1, 0.15) is 4.90 Å². The SMILES string of the molecule is CC(=O)Nc1ccc(C)cc1S(=O)(=O)N1CC(=O)N(C2CCCC2)C2(CCCCC2)C1. The average Bonchev–Trinajstić information content (AvgIpc) is 3.23. The van der Waals surface area contributed by atoms with Gasteiger partial charge < -0.3 is 10.2 Å². The maximum Gasteiger partial charge on any atom is 0.245 e. The third kappa shape index (κ3) is 4.24. The van der Waals surface area contributed by atoms with Gasteiger partial charge in [-0.05, 0) is 50.3 Å². The predicted octanol–water partition coefficient (Wildman–Crippen LogP) is 3.43. The number of carbonyl (C=O) groups excluding carboxylic acids is 2. The van der Waals surface area contributed by atoms with Crippen LogP contribution in [-0.4, -0.2) is 54.1 Å². The number of carbonyl (C=O) groups is 2. The molecular formula is C23H33N3O4S. The average molecular weight is 448 g/mol. The number of rotatable bonds is 4. The molecule has 0 radical (unpaired) electrons. The van der Waals surface area contributed by atoms with Crippen molar-refractivity contribution in [2.24, 2.45) is 0 Å². The minimum Gasteiger partial charge on any atom is -0.332 e. The Morgan fingerprint density at radius 1 is 1.10 bits per heavy atom. The standard InChI is InChI=1S/C23H33N3O4S/c1-17-10-11-20(24-18(2)27)21(14-17)31(29,30)25-15-22(28)26(19-8-4-5-9-19)23(16-25)12-6-3-7-13-23/h10-11,14,19H,3-9,12-13,15-16H2,1-2H3,(H,24,27). The van der Waals surface area contributed by atoms with Gasteiger partial charge in [-0.3, -0.25) is 9.59 Å². The first-order chi connectivity index (χ1) is 14.7. The molecule has 170 valence electrons. The summed E-state index contributed by atoms with van der Waals surface area (Å²) in [7, 11) is -3.94. The molecule has 0 aromatic heterocycles. The van der Waals surface area contributed by atoms with Gasteiger partial charge >= 0.3 is 0 Å². The number of piperazine rings is 1. The summed E-state index contributed by atoms with van der Waals surface area (Å²) in [6, 6.07) is 5.22. The molecule has 2 amide bonds. The van der Waals surface area contributed by atoms with E-state index in [1.54, 1.807) is 18.2 Å². The molecule has 1 saturated heterocycles. The van der Waals surface area contributed by atoms with Crippen LogP contribution in [0.25, 0.3) is 0 Å². The van der Waals surface area contributed by atoms with Crippen molar-refractivity contribution in [1.82, 2.24) is 9.21 Å². The van der Waals surface area contributed by atoms with Gasteiger partial charge in [0, 0.05) is 19.5 Å². The smallest absolute Gasteiger partial charge is 0.245 e. The summed E-state index contributed by atoms with van der Waals surface area (Å²) in [6.45, 7) is 3.39. The zero-order chi connectivity index (χ0) is 22.2. The van der Waals surface area contributed by atoms with Crippen LogP contribution in [0.5, 0.6) is 0 Å². The lowest BCUT2D eigenvalue weighted by Gasteiger charge is -2.54. The lowest BCUT2D eigenvalue weighted by molar-refractivity contribution is -0.150. The minimum atomic E-state index is -3.94. The Morgan fingerprint density at radius 3 is 2.42 bits per heavy atom. The Bertz CT molecular complexity index is 963. The molecular weight excluding hydrogens is 414 g/mol. The number of nitrogens with one attached hydrogen (secondary N) is 1. The molecule has 1 aliphatic heterocycles. The van der Waals surface area contributed by atoms with E-state index in [1.165, 1.54) is 11.2 Å². The highest BCUT2D eigenvalue weighted by molar-refractivity contribution is 7.89. The number of benzene rings is 1. The minimum absolute atomic E-state index is 0.0655. The third-order valence-electron chi connectivity index (χ3n) is 7.10. The summed E-state index contributed by atoms with van der Waals surface area (Å²) in [6.07, 6.45) is 9.19. The number of hydrogen-bond donors (Lipinski definition) is 1. The van der Waals surface area contributed by atoms with Crippen molar-refractivity contribution in [1.29, 1.82) is 0 Å². The van der Waals surface area contributed by atoms with Crippen LogP contribution in [0.4, 0.5) is 5.69 Å². The summed E-state index contributed by atoms with van der Waals surface area (Å²) >= 11 is 0. The van der Waals surface area contributed by atoms with Gasteiger partial charge in [-0.25, -0.2) is 8.42 Å². The van der Waals surface area contributed by atoms with Crippen molar-refractivity contribution in [2.75, 3.05) is 18.4 Å². The lowest BCUT2D eigenvalue weighted by Crippen LogP contribution is -2.68. The number of hydrogen-bond acceptors (Lipinski definition) is 4. The van der Waals surface area contributed by atoms with Crippen LogP contribution in [-0.2, 0) is 19.6 Å². The van der Waals surface area contributed by atoms with Crippen LogP contribution in [0.2, 0.25) is 0 Å². The number of anilines is 1.